The van der Waals surface area contributed by atoms with E-state index in [0.29, 0.717) is 21.5 Å². The maximum absolute atomic E-state index is 12.5. The van der Waals surface area contributed by atoms with Crippen LogP contribution in [0.2, 0.25) is 5.02 Å². The number of methoxy groups -OCH3 is 1. The number of benzene rings is 2. The lowest BCUT2D eigenvalue weighted by molar-refractivity contribution is 0.0603. The molecule has 0 bridgehead atoms. The average molecular weight is 340 g/mol. The Bertz CT molecular complexity index is 956. The van der Waals surface area contributed by atoms with Crippen LogP contribution in [0.5, 0.6) is 0 Å². The molecule has 0 unspecified atom stereocenters. The third-order valence-electron chi connectivity index (χ3n) is 3.67. The minimum absolute atomic E-state index is 0.277. The molecule has 2 aromatic carbocycles. The summed E-state index contributed by atoms with van der Waals surface area (Å²) in [5.41, 5.74) is 1.75. The molecular formula is C19H14ClNO3. The van der Waals surface area contributed by atoms with Crippen molar-refractivity contribution >= 4 is 40.5 Å². The minimum atomic E-state index is -0.479. The predicted molar refractivity (Wildman–Crippen MR) is 94.4 cm³/mol. The van der Waals surface area contributed by atoms with Gasteiger partial charge in [-0.2, -0.15) is 0 Å². The number of nitrogens with zero attached hydrogens (tertiary/aromatic N) is 1. The Hall–Kier alpha value is -2.85. The van der Waals surface area contributed by atoms with Gasteiger partial charge in [0.25, 0.3) is 5.91 Å². The molecule has 0 amide bonds. The van der Waals surface area contributed by atoms with E-state index in [4.69, 9.17) is 16.3 Å². The highest BCUT2D eigenvalue weighted by Gasteiger charge is 2.17. The first-order valence-electron chi connectivity index (χ1n) is 7.27. The van der Waals surface area contributed by atoms with Crippen molar-refractivity contribution in [1.82, 2.24) is 4.57 Å². The molecule has 3 aromatic rings. The Morgan fingerprint density at radius 3 is 2.54 bits per heavy atom. The van der Waals surface area contributed by atoms with Gasteiger partial charge in [-0.15, -0.1) is 0 Å². The summed E-state index contributed by atoms with van der Waals surface area (Å²) < 4.78 is 6.21. The van der Waals surface area contributed by atoms with E-state index < -0.39 is 5.97 Å². The Morgan fingerprint density at radius 1 is 1.08 bits per heavy atom. The molecule has 0 saturated heterocycles. The van der Waals surface area contributed by atoms with Crippen LogP contribution in [-0.2, 0) is 4.74 Å². The van der Waals surface area contributed by atoms with Gasteiger partial charge in [0.05, 0.1) is 18.2 Å². The van der Waals surface area contributed by atoms with Crippen LogP contribution in [0.1, 0.15) is 20.7 Å². The Labute approximate surface area is 143 Å². The molecule has 0 atom stereocenters. The lowest BCUT2D eigenvalue weighted by atomic mass is 10.2. The number of ether oxygens (including phenoxy) is 1. The van der Waals surface area contributed by atoms with E-state index in [0.717, 1.165) is 5.56 Å². The Kier molecular flexibility index (Phi) is 4.49. The van der Waals surface area contributed by atoms with Crippen LogP contribution >= 0.6 is 11.6 Å². The zero-order chi connectivity index (χ0) is 17.1. The van der Waals surface area contributed by atoms with Crippen molar-refractivity contribution in [3.05, 3.63) is 77.0 Å². The normalized spacial score (nSPS) is 11.1. The van der Waals surface area contributed by atoms with E-state index in [1.807, 2.05) is 30.3 Å². The van der Waals surface area contributed by atoms with Crippen LogP contribution in [0.4, 0.5) is 0 Å². The fourth-order valence-electron chi connectivity index (χ4n) is 2.49. The highest BCUT2D eigenvalue weighted by atomic mass is 35.5. The van der Waals surface area contributed by atoms with Crippen molar-refractivity contribution in [3.8, 4) is 0 Å². The van der Waals surface area contributed by atoms with Crippen LogP contribution in [0.15, 0.2) is 60.8 Å². The van der Waals surface area contributed by atoms with Gasteiger partial charge >= 0.3 is 5.97 Å². The van der Waals surface area contributed by atoms with Gasteiger partial charge in [0, 0.05) is 22.7 Å². The third-order valence-corrected chi connectivity index (χ3v) is 4.01. The fourth-order valence-corrected chi connectivity index (χ4v) is 2.68. The van der Waals surface area contributed by atoms with E-state index in [1.54, 1.807) is 24.3 Å². The smallest absolute Gasteiger partial charge is 0.340 e. The number of esters is 1. The van der Waals surface area contributed by atoms with Crippen LogP contribution in [0, 0.1) is 0 Å². The van der Waals surface area contributed by atoms with Crippen molar-refractivity contribution in [2.75, 3.05) is 7.11 Å². The van der Waals surface area contributed by atoms with Crippen LogP contribution in [-0.4, -0.2) is 23.6 Å². The number of rotatable bonds is 3. The number of para-hydroxylation sites is 1. The van der Waals surface area contributed by atoms with Gasteiger partial charge in [0.1, 0.15) is 0 Å². The summed E-state index contributed by atoms with van der Waals surface area (Å²) in [6, 6.07) is 14.4. The summed E-state index contributed by atoms with van der Waals surface area (Å²) in [6.45, 7) is 0. The molecule has 24 heavy (non-hydrogen) atoms. The quantitative estimate of drug-likeness (QED) is 0.523. The van der Waals surface area contributed by atoms with Gasteiger partial charge < -0.3 is 4.74 Å². The van der Waals surface area contributed by atoms with Crippen molar-refractivity contribution in [3.63, 3.8) is 0 Å². The molecule has 0 N–H and O–H groups in total. The van der Waals surface area contributed by atoms with Crippen LogP contribution in [0.3, 0.4) is 0 Å². The first kappa shape index (κ1) is 16.0. The molecule has 1 aromatic heterocycles. The first-order chi connectivity index (χ1) is 11.6. The summed E-state index contributed by atoms with van der Waals surface area (Å²) >= 11 is 6.08. The van der Waals surface area contributed by atoms with E-state index in [9.17, 15) is 9.59 Å². The third kappa shape index (κ3) is 2.96. The molecular weight excluding hydrogens is 326 g/mol. The molecule has 5 heteroatoms. The summed E-state index contributed by atoms with van der Waals surface area (Å²) in [5.74, 6) is -0.755. The molecule has 0 fully saturated rings. The first-order valence-corrected chi connectivity index (χ1v) is 7.65. The molecule has 0 aliphatic heterocycles. The minimum Gasteiger partial charge on any atom is -0.465 e. The van der Waals surface area contributed by atoms with Crippen LogP contribution < -0.4 is 0 Å². The number of halogens is 1. The molecule has 4 nitrogen and oxygen atoms in total. The molecule has 3 rings (SSSR count). The topological polar surface area (TPSA) is 48.3 Å². The maximum atomic E-state index is 12.5. The van der Waals surface area contributed by atoms with Crippen molar-refractivity contribution in [1.29, 1.82) is 0 Å². The highest BCUT2D eigenvalue weighted by Crippen LogP contribution is 2.22. The molecule has 0 spiro atoms. The lowest BCUT2D eigenvalue weighted by Crippen LogP contribution is -2.06. The predicted octanol–water partition coefficient (Wildman–Crippen LogP) is 4.43. The number of carbonyl (C=O) groups is 2. The molecule has 0 aliphatic carbocycles. The zero-order valence-corrected chi connectivity index (χ0v) is 13.7. The fraction of sp³-hybridized carbons (Fsp3) is 0.0526. The molecule has 0 saturated carbocycles. The standard InChI is InChI=1S/C19H14ClNO3/c1-24-19(23)15-12-21(17-9-5-3-7-14(15)17)18(22)11-10-13-6-2-4-8-16(13)20/h2-12H,1H3. The molecule has 0 aliphatic rings. The maximum Gasteiger partial charge on any atom is 0.340 e. The van der Waals surface area contributed by atoms with Gasteiger partial charge in [0.2, 0.25) is 0 Å². The second-order valence-electron chi connectivity index (χ2n) is 5.11. The second-order valence-corrected chi connectivity index (χ2v) is 5.52. The Morgan fingerprint density at radius 2 is 1.79 bits per heavy atom. The number of hydrogen-bond acceptors (Lipinski definition) is 3. The second kappa shape index (κ2) is 6.72. The molecule has 120 valence electrons. The average Bonchev–Trinajstić information content (AvgIpc) is 3.00. The highest BCUT2D eigenvalue weighted by molar-refractivity contribution is 6.32. The summed E-state index contributed by atoms with van der Waals surface area (Å²) in [6.07, 6.45) is 4.57. The summed E-state index contributed by atoms with van der Waals surface area (Å²) in [4.78, 5) is 24.5. The zero-order valence-electron chi connectivity index (χ0n) is 12.9. The van der Waals surface area contributed by atoms with Crippen molar-refractivity contribution in [2.24, 2.45) is 0 Å². The SMILES string of the molecule is COC(=O)c1cn(C(=O)C=Cc2ccccc2Cl)c2ccccc12. The van der Waals surface area contributed by atoms with Crippen LogP contribution in [0.25, 0.3) is 17.0 Å². The van der Waals surface area contributed by atoms with Gasteiger partial charge in [-0.1, -0.05) is 48.0 Å². The van der Waals surface area contributed by atoms with Crippen molar-refractivity contribution < 1.29 is 14.3 Å². The molecule has 1 heterocycles. The molecule has 0 radical (unpaired) electrons. The summed E-state index contributed by atoms with van der Waals surface area (Å²) in [5, 5.41) is 1.23. The van der Waals surface area contributed by atoms with Crippen molar-refractivity contribution in [2.45, 2.75) is 0 Å². The monoisotopic (exact) mass is 339 g/mol. The van der Waals surface area contributed by atoms with E-state index in [1.165, 1.54) is 23.9 Å². The number of aromatic nitrogens is 1. The van der Waals surface area contributed by atoms with Gasteiger partial charge in [-0.25, -0.2) is 4.79 Å². The van der Waals surface area contributed by atoms with Gasteiger partial charge in [-0.3, -0.25) is 9.36 Å². The Balaban J connectivity index is 2.02. The van der Waals surface area contributed by atoms with E-state index >= 15 is 0 Å². The van der Waals surface area contributed by atoms with Gasteiger partial charge in [-0.05, 0) is 23.8 Å². The number of fused-ring (bicyclic) bond motifs is 1. The van der Waals surface area contributed by atoms with E-state index in [-0.39, 0.29) is 5.91 Å². The van der Waals surface area contributed by atoms with E-state index in [2.05, 4.69) is 0 Å². The largest absolute Gasteiger partial charge is 0.465 e. The lowest BCUT2D eigenvalue weighted by Gasteiger charge is -2.00. The number of carbonyl (C=O) groups excluding carboxylic acids is 2. The number of allylic oxidation sites excluding steroid dienone is 1. The van der Waals surface area contributed by atoms with Gasteiger partial charge in [0.15, 0.2) is 0 Å². The summed E-state index contributed by atoms with van der Waals surface area (Å²) in [7, 11) is 1.31. The number of hydrogen-bond donors (Lipinski definition) is 0.